The summed E-state index contributed by atoms with van der Waals surface area (Å²) in [6, 6.07) is 0. The lowest BCUT2D eigenvalue weighted by atomic mass is 10.1. The van der Waals surface area contributed by atoms with E-state index in [1.54, 1.807) is 0 Å². The number of hydrogen-bond acceptors (Lipinski definition) is 6. The number of carbonyl (C=O) groups is 3. The third-order valence-corrected chi connectivity index (χ3v) is 13.8. The van der Waals surface area contributed by atoms with Crippen LogP contribution in [0.3, 0.4) is 0 Å². The number of rotatable bonds is 59. The van der Waals surface area contributed by atoms with E-state index >= 15 is 0 Å². The Hall–Kier alpha value is -4.71. The molecule has 0 bridgehead atoms. The smallest absolute Gasteiger partial charge is 0.306 e. The third-order valence-electron chi connectivity index (χ3n) is 13.8. The molecule has 0 saturated heterocycles. The zero-order chi connectivity index (χ0) is 58.5. The highest BCUT2D eigenvalue weighted by Gasteiger charge is 2.19. The summed E-state index contributed by atoms with van der Waals surface area (Å²) in [5.74, 6) is -0.969. The molecular weight excluding hydrogens is 997 g/mol. The van der Waals surface area contributed by atoms with Gasteiger partial charge in [0, 0.05) is 19.3 Å². The van der Waals surface area contributed by atoms with Crippen LogP contribution in [0.25, 0.3) is 0 Å². The number of hydrogen-bond donors (Lipinski definition) is 0. The maximum Gasteiger partial charge on any atom is 0.306 e. The molecule has 0 aliphatic heterocycles. The Bertz CT molecular complexity index is 1760. The van der Waals surface area contributed by atoms with Crippen LogP contribution in [-0.4, -0.2) is 37.2 Å². The highest BCUT2D eigenvalue weighted by Crippen LogP contribution is 2.15. The van der Waals surface area contributed by atoms with Crippen molar-refractivity contribution in [3.63, 3.8) is 0 Å². The SMILES string of the molecule is CC/C=C\C/C=C\C/C=C\C/C=C\C/C=C\C/C=C\CCCCC(=O)OCC(COC(=O)CCCCCCCCCCC/C=C\CCCCCCCCCC)OC(=O)CCCCCCC/C=C\C/C=C\C/C=C\C/C=C\C/C=C\CC. The standard InChI is InChI=1S/C75H122O6/c1-4-7-10-13-16-19-22-25-28-31-34-37-40-43-46-49-52-55-58-61-64-67-73(76)79-70-72(81-75(78)69-66-63-60-57-54-51-48-45-42-39-36-33-30-27-24-21-18-15-12-9-6-3)71-80-74(77)68-65-62-59-56-53-50-47-44-41-38-35-32-29-26-23-20-17-14-11-8-5-2/h7,9-10,12,16,18-19,21,25,27-28,30,32,34-37,39,43,45-46,48,52,55,72H,4-6,8,11,13-15,17,20,22-24,26,29,31,33,38,40-42,44,47,49-51,53-54,56-71H2,1-3H3/b10-7-,12-9-,19-16-,21-18-,28-25-,30-27-,35-32-,37-34-,39-36-,46-43-,48-45-,55-52-. The van der Waals surface area contributed by atoms with Crippen molar-refractivity contribution in [3.8, 4) is 0 Å². The Morgan fingerprint density at radius 1 is 0.259 bits per heavy atom. The quantitative estimate of drug-likeness (QED) is 0.0261. The number of carbonyl (C=O) groups excluding carboxylic acids is 3. The van der Waals surface area contributed by atoms with Gasteiger partial charge in [0.15, 0.2) is 6.10 Å². The van der Waals surface area contributed by atoms with Crippen molar-refractivity contribution < 1.29 is 28.6 Å². The van der Waals surface area contributed by atoms with E-state index in [1.165, 1.54) is 103 Å². The molecule has 81 heavy (non-hydrogen) atoms. The highest BCUT2D eigenvalue weighted by atomic mass is 16.6. The Balaban J connectivity index is 4.52. The van der Waals surface area contributed by atoms with Crippen molar-refractivity contribution in [2.45, 2.75) is 297 Å². The summed E-state index contributed by atoms with van der Waals surface area (Å²) >= 11 is 0. The van der Waals surface area contributed by atoms with Crippen LogP contribution >= 0.6 is 0 Å². The number of esters is 3. The fourth-order valence-electron chi connectivity index (χ4n) is 8.88. The molecule has 0 aliphatic carbocycles. The molecular formula is C75H122O6. The van der Waals surface area contributed by atoms with Crippen LogP contribution < -0.4 is 0 Å². The number of unbranched alkanes of at least 4 members (excludes halogenated alkanes) is 24. The van der Waals surface area contributed by atoms with Crippen molar-refractivity contribution in [3.05, 3.63) is 146 Å². The molecule has 1 unspecified atom stereocenters. The number of allylic oxidation sites excluding steroid dienone is 24. The lowest BCUT2D eigenvalue weighted by Gasteiger charge is -2.18. The second-order valence-electron chi connectivity index (χ2n) is 21.6. The molecule has 0 amide bonds. The molecule has 0 fully saturated rings. The van der Waals surface area contributed by atoms with Crippen molar-refractivity contribution >= 4 is 17.9 Å². The minimum atomic E-state index is -0.816. The minimum Gasteiger partial charge on any atom is -0.462 e. The topological polar surface area (TPSA) is 78.9 Å². The van der Waals surface area contributed by atoms with Gasteiger partial charge in [0.25, 0.3) is 0 Å². The second-order valence-corrected chi connectivity index (χ2v) is 21.6. The van der Waals surface area contributed by atoms with Crippen LogP contribution in [0.1, 0.15) is 290 Å². The molecule has 0 radical (unpaired) electrons. The summed E-state index contributed by atoms with van der Waals surface area (Å²) in [5.41, 5.74) is 0. The summed E-state index contributed by atoms with van der Waals surface area (Å²) in [4.78, 5) is 38.4. The zero-order valence-corrected chi connectivity index (χ0v) is 52.5. The molecule has 0 heterocycles. The molecule has 6 heteroatoms. The molecule has 0 aromatic rings. The Morgan fingerprint density at radius 3 is 0.790 bits per heavy atom. The van der Waals surface area contributed by atoms with Crippen molar-refractivity contribution in [2.75, 3.05) is 13.2 Å². The van der Waals surface area contributed by atoms with Gasteiger partial charge in [0.2, 0.25) is 0 Å². The fourth-order valence-corrected chi connectivity index (χ4v) is 8.88. The molecule has 458 valence electrons. The van der Waals surface area contributed by atoms with E-state index < -0.39 is 6.10 Å². The summed E-state index contributed by atoms with van der Waals surface area (Å²) in [7, 11) is 0. The van der Waals surface area contributed by atoms with Crippen molar-refractivity contribution in [2.24, 2.45) is 0 Å². The Labute approximate surface area is 499 Å². The minimum absolute atomic E-state index is 0.106. The van der Waals surface area contributed by atoms with Gasteiger partial charge in [0.05, 0.1) is 0 Å². The van der Waals surface area contributed by atoms with Crippen LogP contribution in [0, 0.1) is 0 Å². The Kier molecular flexibility index (Phi) is 63.9. The lowest BCUT2D eigenvalue weighted by molar-refractivity contribution is -0.167. The molecule has 0 spiro atoms. The van der Waals surface area contributed by atoms with Crippen molar-refractivity contribution in [1.82, 2.24) is 0 Å². The van der Waals surface area contributed by atoms with Crippen LogP contribution in [0.5, 0.6) is 0 Å². The summed E-state index contributed by atoms with van der Waals surface area (Å²) in [6.07, 6.45) is 97.1. The van der Waals surface area contributed by atoms with Crippen LogP contribution in [0.15, 0.2) is 146 Å². The summed E-state index contributed by atoms with van der Waals surface area (Å²) < 4.78 is 16.9. The van der Waals surface area contributed by atoms with Gasteiger partial charge in [-0.25, -0.2) is 0 Å². The van der Waals surface area contributed by atoms with E-state index in [-0.39, 0.29) is 31.1 Å². The molecule has 1 atom stereocenters. The van der Waals surface area contributed by atoms with Gasteiger partial charge in [-0.3, -0.25) is 14.4 Å². The largest absolute Gasteiger partial charge is 0.462 e. The summed E-state index contributed by atoms with van der Waals surface area (Å²) in [6.45, 7) is 6.37. The van der Waals surface area contributed by atoms with E-state index in [0.717, 1.165) is 141 Å². The van der Waals surface area contributed by atoms with E-state index in [2.05, 4.69) is 167 Å². The van der Waals surface area contributed by atoms with E-state index in [1.807, 2.05) is 0 Å². The predicted molar refractivity (Wildman–Crippen MR) is 352 cm³/mol. The third kappa shape index (κ3) is 66.0. The van der Waals surface area contributed by atoms with Gasteiger partial charge in [-0.15, -0.1) is 0 Å². The lowest BCUT2D eigenvalue weighted by Crippen LogP contribution is -2.30. The monoisotopic (exact) mass is 1120 g/mol. The molecule has 0 N–H and O–H groups in total. The van der Waals surface area contributed by atoms with Gasteiger partial charge in [0.1, 0.15) is 13.2 Å². The van der Waals surface area contributed by atoms with E-state index in [9.17, 15) is 14.4 Å². The maximum absolute atomic E-state index is 12.9. The molecule has 0 aromatic heterocycles. The highest BCUT2D eigenvalue weighted by molar-refractivity contribution is 5.71. The first-order valence-corrected chi connectivity index (χ1v) is 33.3. The fraction of sp³-hybridized carbons (Fsp3) is 0.640. The molecule has 6 nitrogen and oxygen atoms in total. The van der Waals surface area contributed by atoms with Crippen molar-refractivity contribution in [1.29, 1.82) is 0 Å². The first-order valence-electron chi connectivity index (χ1n) is 33.3. The van der Waals surface area contributed by atoms with Gasteiger partial charge >= 0.3 is 17.9 Å². The average molecular weight is 1120 g/mol. The van der Waals surface area contributed by atoms with E-state index in [0.29, 0.717) is 25.7 Å². The Morgan fingerprint density at radius 2 is 0.481 bits per heavy atom. The maximum atomic E-state index is 12.9. The van der Waals surface area contributed by atoms with Gasteiger partial charge in [-0.2, -0.15) is 0 Å². The normalized spacial score (nSPS) is 13.1. The van der Waals surface area contributed by atoms with Gasteiger partial charge in [-0.1, -0.05) is 276 Å². The van der Waals surface area contributed by atoms with Crippen LogP contribution in [0.4, 0.5) is 0 Å². The van der Waals surface area contributed by atoms with Gasteiger partial charge in [-0.05, 0) is 141 Å². The molecule has 0 saturated carbocycles. The van der Waals surface area contributed by atoms with Crippen LogP contribution in [-0.2, 0) is 28.6 Å². The molecule has 0 rings (SSSR count). The number of ether oxygens (including phenoxy) is 3. The zero-order valence-electron chi connectivity index (χ0n) is 52.5. The predicted octanol–water partition coefficient (Wildman–Crippen LogP) is 23.1. The summed E-state index contributed by atoms with van der Waals surface area (Å²) in [5, 5.41) is 0. The average Bonchev–Trinajstić information content (AvgIpc) is 3.47. The molecule has 0 aliphatic rings. The van der Waals surface area contributed by atoms with Gasteiger partial charge < -0.3 is 14.2 Å². The molecule has 0 aromatic carbocycles. The van der Waals surface area contributed by atoms with Crippen LogP contribution in [0.2, 0.25) is 0 Å². The second kappa shape index (κ2) is 67.8. The van der Waals surface area contributed by atoms with E-state index in [4.69, 9.17) is 14.2 Å². The first-order chi connectivity index (χ1) is 40.0. The first kappa shape index (κ1) is 76.3.